The number of carbonyl (C=O) groups is 1. The van der Waals surface area contributed by atoms with Crippen LogP contribution in [0.5, 0.6) is 5.75 Å². The molecule has 3 heterocycles. The average molecular weight is 364 g/mol. The van der Waals surface area contributed by atoms with Gasteiger partial charge in [-0.3, -0.25) is 4.79 Å². The van der Waals surface area contributed by atoms with Gasteiger partial charge in [0.15, 0.2) is 11.4 Å². The van der Waals surface area contributed by atoms with Crippen molar-refractivity contribution >= 4 is 5.91 Å². The molecule has 3 aromatic rings. The number of hydrogen-bond acceptors (Lipinski definition) is 6. The van der Waals surface area contributed by atoms with Crippen molar-refractivity contribution in [2.45, 2.75) is 13.0 Å². The van der Waals surface area contributed by atoms with Crippen molar-refractivity contribution in [1.29, 1.82) is 0 Å². The zero-order valence-corrected chi connectivity index (χ0v) is 14.8. The van der Waals surface area contributed by atoms with E-state index < -0.39 is 0 Å². The van der Waals surface area contributed by atoms with Crippen LogP contribution in [0.3, 0.4) is 0 Å². The van der Waals surface area contributed by atoms with Crippen LogP contribution >= 0.6 is 0 Å². The van der Waals surface area contributed by atoms with Crippen LogP contribution in [-0.4, -0.2) is 40.5 Å². The van der Waals surface area contributed by atoms with Gasteiger partial charge in [0.2, 0.25) is 5.89 Å². The Hall–Kier alpha value is -3.19. The Bertz CT molecular complexity index is 939. The quantitative estimate of drug-likeness (QED) is 0.746. The minimum atomic E-state index is -0.183. The summed E-state index contributed by atoms with van der Waals surface area (Å²) in [5, 5.41) is 0. The third-order valence-electron chi connectivity index (χ3n) is 4.38. The van der Waals surface area contributed by atoms with Crippen molar-refractivity contribution in [3.63, 3.8) is 0 Å². The third-order valence-corrected chi connectivity index (χ3v) is 4.38. The molecule has 0 saturated carbocycles. The summed E-state index contributed by atoms with van der Waals surface area (Å²) in [5.41, 5.74) is 7.49. The van der Waals surface area contributed by atoms with Gasteiger partial charge in [0.25, 0.3) is 5.91 Å². The maximum Gasteiger partial charge on any atom is 0.276 e. The first-order chi connectivity index (χ1) is 13.3. The average Bonchev–Trinajstić information content (AvgIpc) is 3.16. The molecule has 1 aromatic carbocycles. The molecule has 2 aromatic heterocycles. The van der Waals surface area contributed by atoms with Crippen molar-refractivity contribution < 1.29 is 13.9 Å². The van der Waals surface area contributed by atoms with E-state index in [1.807, 2.05) is 30.3 Å². The zero-order chi connectivity index (χ0) is 18.6. The van der Waals surface area contributed by atoms with E-state index >= 15 is 0 Å². The summed E-state index contributed by atoms with van der Waals surface area (Å²) >= 11 is 0. The number of pyridine rings is 1. The molecular formula is C20H20N4O3. The molecule has 0 aliphatic carbocycles. The summed E-state index contributed by atoms with van der Waals surface area (Å²) in [7, 11) is 0. The Kier molecular flexibility index (Phi) is 4.84. The van der Waals surface area contributed by atoms with Gasteiger partial charge >= 0.3 is 0 Å². The summed E-state index contributed by atoms with van der Waals surface area (Å²) in [6.45, 7) is 1.64. The lowest BCUT2D eigenvalue weighted by atomic mass is 10.1. The van der Waals surface area contributed by atoms with Crippen molar-refractivity contribution in [2.75, 3.05) is 19.7 Å². The van der Waals surface area contributed by atoms with E-state index in [4.69, 9.17) is 14.9 Å². The molecule has 0 saturated heterocycles. The third kappa shape index (κ3) is 3.54. The van der Waals surface area contributed by atoms with Crippen LogP contribution in [0.25, 0.3) is 11.5 Å². The molecule has 0 spiro atoms. The number of benzene rings is 1. The predicted molar refractivity (Wildman–Crippen MR) is 99.2 cm³/mol. The number of ether oxygens (including phenoxy) is 1. The van der Waals surface area contributed by atoms with Crippen molar-refractivity contribution in [3.8, 4) is 17.2 Å². The number of nitrogens with two attached hydrogens (primary N) is 1. The normalized spacial score (nSPS) is 13.3. The van der Waals surface area contributed by atoms with Crippen LogP contribution in [0, 0.1) is 0 Å². The molecule has 1 aliphatic heterocycles. The van der Waals surface area contributed by atoms with E-state index in [0.29, 0.717) is 50.0 Å². The largest absolute Gasteiger partial charge is 0.490 e. The SMILES string of the molecule is NCCOc1cccnc1C(=O)N1CCc2oc(-c3ccccc3)nc2C1. The van der Waals surface area contributed by atoms with Gasteiger partial charge in [0.05, 0.1) is 6.54 Å². The lowest BCUT2D eigenvalue weighted by molar-refractivity contribution is 0.0717. The zero-order valence-electron chi connectivity index (χ0n) is 14.8. The molecule has 0 radical (unpaired) electrons. The molecular weight excluding hydrogens is 344 g/mol. The second-order valence-corrected chi connectivity index (χ2v) is 6.22. The van der Waals surface area contributed by atoms with Crippen molar-refractivity contribution in [1.82, 2.24) is 14.9 Å². The van der Waals surface area contributed by atoms with Gasteiger partial charge < -0.3 is 19.8 Å². The first-order valence-electron chi connectivity index (χ1n) is 8.87. The van der Waals surface area contributed by atoms with Crippen molar-refractivity contribution in [3.05, 3.63) is 65.8 Å². The van der Waals surface area contributed by atoms with E-state index in [-0.39, 0.29) is 5.91 Å². The van der Waals surface area contributed by atoms with E-state index in [9.17, 15) is 4.79 Å². The monoisotopic (exact) mass is 364 g/mol. The molecule has 4 rings (SSSR count). The topological polar surface area (TPSA) is 94.5 Å². The second kappa shape index (κ2) is 7.59. The summed E-state index contributed by atoms with van der Waals surface area (Å²) < 4.78 is 11.5. The van der Waals surface area contributed by atoms with E-state index in [1.165, 1.54) is 0 Å². The summed E-state index contributed by atoms with van der Waals surface area (Å²) in [6, 6.07) is 13.2. The highest BCUT2D eigenvalue weighted by molar-refractivity contribution is 5.95. The first kappa shape index (κ1) is 17.2. The fourth-order valence-corrected chi connectivity index (χ4v) is 3.06. The lowest BCUT2D eigenvalue weighted by Crippen LogP contribution is -2.36. The van der Waals surface area contributed by atoms with Gasteiger partial charge in [-0.05, 0) is 24.3 Å². The highest BCUT2D eigenvalue weighted by Gasteiger charge is 2.28. The molecule has 138 valence electrons. The maximum absolute atomic E-state index is 13.0. The standard InChI is InChI=1S/C20H20N4O3/c21-9-12-26-17-7-4-10-22-18(17)20(25)24-11-8-16-15(13-24)23-19(27-16)14-5-2-1-3-6-14/h1-7,10H,8-9,11-13,21H2. The van der Waals surface area contributed by atoms with Gasteiger partial charge in [0.1, 0.15) is 18.1 Å². The molecule has 0 unspecified atom stereocenters. The fraction of sp³-hybridized carbons (Fsp3) is 0.250. The molecule has 0 bridgehead atoms. The van der Waals surface area contributed by atoms with Crippen LogP contribution in [0.15, 0.2) is 53.1 Å². The Morgan fingerprint density at radius 3 is 2.89 bits per heavy atom. The van der Waals surface area contributed by atoms with Gasteiger partial charge in [-0.15, -0.1) is 0 Å². The number of fused-ring (bicyclic) bond motifs is 1. The Labute approximate surface area is 156 Å². The Morgan fingerprint density at radius 1 is 1.22 bits per heavy atom. The highest BCUT2D eigenvalue weighted by atomic mass is 16.5. The van der Waals surface area contributed by atoms with Crippen LogP contribution in [0.2, 0.25) is 0 Å². The molecule has 27 heavy (non-hydrogen) atoms. The second-order valence-electron chi connectivity index (χ2n) is 6.22. The van der Waals surface area contributed by atoms with Crippen molar-refractivity contribution in [2.24, 2.45) is 5.73 Å². The van der Waals surface area contributed by atoms with E-state index in [0.717, 1.165) is 17.0 Å². The molecule has 1 amide bonds. The highest BCUT2D eigenvalue weighted by Crippen LogP contribution is 2.27. The van der Waals surface area contributed by atoms with Gasteiger partial charge in [0, 0.05) is 31.3 Å². The van der Waals surface area contributed by atoms with Crippen LogP contribution in [0.4, 0.5) is 0 Å². The van der Waals surface area contributed by atoms with E-state index in [1.54, 1.807) is 23.2 Å². The smallest absolute Gasteiger partial charge is 0.276 e. The molecule has 0 atom stereocenters. The maximum atomic E-state index is 13.0. The summed E-state index contributed by atoms with van der Waals surface area (Å²) in [5.74, 6) is 1.68. The Morgan fingerprint density at radius 2 is 2.07 bits per heavy atom. The minimum absolute atomic E-state index is 0.183. The number of rotatable bonds is 5. The number of oxazole rings is 1. The predicted octanol–water partition coefficient (Wildman–Crippen LogP) is 2.27. The molecule has 1 aliphatic rings. The van der Waals surface area contributed by atoms with Gasteiger partial charge in [-0.25, -0.2) is 9.97 Å². The molecule has 2 N–H and O–H groups in total. The molecule has 7 heteroatoms. The molecule has 7 nitrogen and oxygen atoms in total. The van der Waals surface area contributed by atoms with Crippen LogP contribution in [0.1, 0.15) is 21.9 Å². The first-order valence-corrected chi connectivity index (χ1v) is 8.87. The lowest BCUT2D eigenvalue weighted by Gasteiger charge is -2.25. The number of aromatic nitrogens is 2. The number of carbonyl (C=O) groups excluding carboxylic acids is 1. The fourth-order valence-electron chi connectivity index (χ4n) is 3.06. The summed E-state index contributed by atoms with van der Waals surface area (Å²) in [6.07, 6.45) is 2.20. The number of amides is 1. The van der Waals surface area contributed by atoms with Gasteiger partial charge in [-0.2, -0.15) is 0 Å². The van der Waals surface area contributed by atoms with Gasteiger partial charge in [-0.1, -0.05) is 18.2 Å². The van der Waals surface area contributed by atoms with Crippen LogP contribution < -0.4 is 10.5 Å². The van der Waals surface area contributed by atoms with E-state index in [2.05, 4.69) is 9.97 Å². The number of hydrogen-bond donors (Lipinski definition) is 1. The van der Waals surface area contributed by atoms with Crippen LogP contribution in [-0.2, 0) is 13.0 Å². The molecule has 0 fully saturated rings. The summed E-state index contributed by atoms with van der Waals surface area (Å²) in [4.78, 5) is 23.5. The Balaban J connectivity index is 1.55. The number of nitrogens with zero attached hydrogens (tertiary/aromatic N) is 3. The minimum Gasteiger partial charge on any atom is -0.490 e.